The number of esters is 1. The van der Waals surface area contributed by atoms with Gasteiger partial charge in [0.05, 0.1) is 11.1 Å². The number of para-hydroxylation sites is 1. The molecule has 5 nitrogen and oxygen atoms in total. The fourth-order valence-electron chi connectivity index (χ4n) is 7.58. The summed E-state index contributed by atoms with van der Waals surface area (Å²) < 4.78 is 13.3. The fourth-order valence-corrected chi connectivity index (χ4v) is 7.58. The van der Waals surface area contributed by atoms with Crippen LogP contribution in [0.25, 0.3) is 0 Å². The number of nitrogens with one attached hydrogen (secondary N) is 2. The van der Waals surface area contributed by atoms with E-state index in [4.69, 9.17) is 9.47 Å². The quantitative estimate of drug-likeness (QED) is 0.151. The summed E-state index contributed by atoms with van der Waals surface area (Å²) in [5.74, 6) is 1.76. The van der Waals surface area contributed by atoms with E-state index < -0.39 is 5.60 Å². The molecular formula is C39H42N2O3. The third-order valence-electron chi connectivity index (χ3n) is 9.81. The molecule has 44 heavy (non-hydrogen) atoms. The molecule has 2 unspecified atom stereocenters. The highest BCUT2D eigenvalue weighted by Crippen LogP contribution is 2.59. The van der Waals surface area contributed by atoms with Gasteiger partial charge in [-0.15, -0.1) is 0 Å². The number of carbonyl (C=O) groups is 1. The number of hydrogen-bond donors (Lipinski definition) is 2. The van der Waals surface area contributed by atoms with Gasteiger partial charge in [-0.2, -0.15) is 0 Å². The van der Waals surface area contributed by atoms with Gasteiger partial charge < -0.3 is 20.1 Å². The lowest BCUT2D eigenvalue weighted by Gasteiger charge is -2.40. The first kappa shape index (κ1) is 28.5. The third-order valence-corrected chi connectivity index (χ3v) is 9.81. The van der Waals surface area contributed by atoms with E-state index >= 15 is 0 Å². The van der Waals surface area contributed by atoms with Gasteiger partial charge in [0, 0.05) is 34.2 Å². The Kier molecular flexibility index (Phi) is 7.80. The maximum atomic E-state index is 13.7. The van der Waals surface area contributed by atoms with Crippen molar-refractivity contribution in [2.45, 2.75) is 83.3 Å². The maximum Gasteiger partial charge on any atom is 0.340 e. The maximum absolute atomic E-state index is 13.7. The van der Waals surface area contributed by atoms with Crippen LogP contribution >= 0.6 is 0 Å². The van der Waals surface area contributed by atoms with Crippen LogP contribution < -0.4 is 15.4 Å². The minimum atomic E-state index is -1.14. The summed E-state index contributed by atoms with van der Waals surface area (Å²) in [7, 11) is 0. The first-order valence-electron chi connectivity index (χ1n) is 16.5. The molecule has 4 aromatic carbocycles. The van der Waals surface area contributed by atoms with Crippen molar-refractivity contribution in [3.63, 3.8) is 0 Å². The smallest absolute Gasteiger partial charge is 0.340 e. The molecule has 1 saturated carbocycles. The van der Waals surface area contributed by atoms with Crippen molar-refractivity contribution < 1.29 is 14.3 Å². The minimum Gasteiger partial charge on any atom is -0.456 e. The average molecular weight is 587 g/mol. The number of aryl methyl sites for hydroxylation is 1. The van der Waals surface area contributed by atoms with E-state index in [0.717, 1.165) is 51.5 Å². The van der Waals surface area contributed by atoms with Crippen LogP contribution in [-0.4, -0.2) is 12.0 Å². The Hall–Kier alpha value is -4.25. The van der Waals surface area contributed by atoms with Crippen molar-refractivity contribution in [2.75, 3.05) is 10.6 Å². The Morgan fingerprint density at radius 1 is 0.841 bits per heavy atom. The zero-order valence-corrected chi connectivity index (χ0v) is 25.8. The van der Waals surface area contributed by atoms with Crippen molar-refractivity contribution in [3.8, 4) is 11.5 Å². The van der Waals surface area contributed by atoms with Crippen LogP contribution in [0.3, 0.4) is 0 Å². The predicted molar refractivity (Wildman–Crippen MR) is 177 cm³/mol. The lowest BCUT2D eigenvalue weighted by atomic mass is 9.76. The van der Waals surface area contributed by atoms with Gasteiger partial charge in [-0.25, -0.2) is 4.79 Å². The topological polar surface area (TPSA) is 59.6 Å². The van der Waals surface area contributed by atoms with Gasteiger partial charge in [0.15, 0.2) is 5.60 Å². The normalized spacial score (nSPS) is 19.4. The molecule has 0 saturated heterocycles. The van der Waals surface area contributed by atoms with Gasteiger partial charge in [-0.05, 0) is 80.1 Å². The second-order valence-corrected chi connectivity index (χ2v) is 12.7. The van der Waals surface area contributed by atoms with Crippen LogP contribution in [0, 0.1) is 12.8 Å². The van der Waals surface area contributed by atoms with Gasteiger partial charge in [-0.1, -0.05) is 87.9 Å². The van der Waals surface area contributed by atoms with Crippen LogP contribution in [0.15, 0.2) is 84.9 Å². The van der Waals surface area contributed by atoms with E-state index in [1.807, 2.05) is 48.5 Å². The van der Waals surface area contributed by atoms with Crippen molar-refractivity contribution in [2.24, 2.45) is 5.92 Å². The highest BCUT2D eigenvalue weighted by atomic mass is 16.6. The molecule has 2 N–H and O–H groups in total. The summed E-state index contributed by atoms with van der Waals surface area (Å²) in [5.41, 5.74) is 6.03. The predicted octanol–water partition coefficient (Wildman–Crippen LogP) is 10.2. The molecular weight excluding hydrogens is 544 g/mol. The fraction of sp³-hybridized carbons (Fsp3) is 0.359. The Balaban J connectivity index is 1.39. The number of benzene rings is 4. The number of unbranched alkanes of at least 4 members (excludes halogenated alkanes) is 2. The van der Waals surface area contributed by atoms with E-state index in [9.17, 15) is 4.79 Å². The molecule has 3 aliphatic rings. The summed E-state index contributed by atoms with van der Waals surface area (Å²) in [6.45, 7) is 4.35. The van der Waals surface area contributed by atoms with Crippen LogP contribution in [-0.2, 0) is 10.3 Å². The molecule has 1 aliphatic carbocycles. The van der Waals surface area contributed by atoms with Gasteiger partial charge in [0.25, 0.3) is 0 Å². The molecule has 0 radical (unpaired) electrons. The summed E-state index contributed by atoms with van der Waals surface area (Å²) in [6.07, 6.45) is 11.2. The van der Waals surface area contributed by atoms with E-state index in [0.29, 0.717) is 23.3 Å². The average Bonchev–Trinajstić information content (AvgIpc) is 3.34. The van der Waals surface area contributed by atoms with E-state index in [1.165, 1.54) is 51.4 Å². The summed E-state index contributed by atoms with van der Waals surface area (Å²) in [4.78, 5) is 13.7. The van der Waals surface area contributed by atoms with Gasteiger partial charge >= 0.3 is 5.97 Å². The minimum absolute atomic E-state index is 0.306. The molecule has 0 aromatic heterocycles. The zero-order valence-electron chi connectivity index (χ0n) is 25.8. The monoisotopic (exact) mass is 586 g/mol. The second kappa shape index (κ2) is 12.0. The molecule has 2 heterocycles. The van der Waals surface area contributed by atoms with E-state index in [2.05, 4.69) is 60.9 Å². The molecule has 226 valence electrons. The summed E-state index contributed by atoms with van der Waals surface area (Å²) in [5, 5.41) is 7.64. The van der Waals surface area contributed by atoms with Crippen molar-refractivity contribution >= 4 is 23.0 Å². The number of fused-ring (bicyclic) bond motifs is 6. The molecule has 0 amide bonds. The Labute approximate surface area is 261 Å². The van der Waals surface area contributed by atoms with Gasteiger partial charge in [0.1, 0.15) is 11.5 Å². The summed E-state index contributed by atoms with van der Waals surface area (Å²) in [6, 6.07) is 28.7. The van der Waals surface area contributed by atoms with Crippen molar-refractivity contribution in [1.82, 2.24) is 0 Å². The largest absolute Gasteiger partial charge is 0.456 e. The molecule has 7 rings (SSSR count). The van der Waals surface area contributed by atoms with Crippen LogP contribution in [0.5, 0.6) is 11.5 Å². The number of hydrogen-bond acceptors (Lipinski definition) is 5. The van der Waals surface area contributed by atoms with Gasteiger partial charge in [0.2, 0.25) is 0 Å². The summed E-state index contributed by atoms with van der Waals surface area (Å²) >= 11 is 0. The van der Waals surface area contributed by atoms with Crippen LogP contribution in [0.1, 0.15) is 97.3 Å². The van der Waals surface area contributed by atoms with Crippen molar-refractivity contribution in [3.05, 3.63) is 113 Å². The zero-order chi connectivity index (χ0) is 30.1. The van der Waals surface area contributed by atoms with E-state index in [-0.39, 0.29) is 5.97 Å². The van der Waals surface area contributed by atoms with Crippen LogP contribution in [0.2, 0.25) is 0 Å². The molecule has 2 atom stereocenters. The Bertz CT molecular complexity index is 1660. The number of ether oxygens (including phenoxy) is 2. The molecule has 2 aliphatic heterocycles. The third kappa shape index (κ3) is 5.02. The first-order valence-corrected chi connectivity index (χ1v) is 16.5. The van der Waals surface area contributed by atoms with Crippen LogP contribution in [0.4, 0.5) is 17.1 Å². The van der Waals surface area contributed by atoms with E-state index in [1.54, 1.807) is 0 Å². The number of rotatable bonds is 9. The number of carbonyl (C=O) groups excluding carboxylic acids is 1. The SMILES string of the molecule is CCCCCC(Nc1cccc2c1C1(OC(=O)c3ccccc31)c1cc(Nc3ccccc3)c(C)cc1O2)C1CCCCC1. The highest BCUT2D eigenvalue weighted by molar-refractivity contribution is 5.97. The molecule has 0 bridgehead atoms. The Morgan fingerprint density at radius 3 is 2.45 bits per heavy atom. The van der Waals surface area contributed by atoms with Gasteiger partial charge in [-0.3, -0.25) is 0 Å². The molecule has 5 heteroatoms. The molecule has 1 spiro atoms. The standard InChI is InChI=1S/C39H42N2O3/c1-3-4-7-21-32(27-15-8-5-9-16-27)41-33-22-14-23-35-37(33)39(30-20-13-12-19-29(30)38(42)44-39)31-25-34(26(2)24-36(31)43-35)40-28-17-10-6-11-18-28/h6,10-14,17-20,22-25,27,32,40-41H,3-5,7-9,15-16,21H2,1-2H3. The first-order chi connectivity index (χ1) is 21.6. The molecule has 1 fully saturated rings. The second-order valence-electron chi connectivity index (χ2n) is 12.7. The highest BCUT2D eigenvalue weighted by Gasteiger charge is 2.55. The lowest BCUT2D eigenvalue weighted by Crippen LogP contribution is -2.36. The van der Waals surface area contributed by atoms with Crippen molar-refractivity contribution in [1.29, 1.82) is 0 Å². The Morgan fingerprint density at radius 2 is 1.64 bits per heavy atom. The number of anilines is 3. The lowest BCUT2D eigenvalue weighted by molar-refractivity contribution is 0.0226. The molecule has 4 aromatic rings.